The molecule has 7 heteroatoms. The van der Waals surface area contributed by atoms with Gasteiger partial charge in [0, 0.05) is 19.0 Å². The van der Waals surface area contributed by atoms with E-state index in [1.54, 1.807) is 6.07 Å². The maximum Gasteiger partial charge on any atom is 0.356 e. The highest BCUT2D eigenvalue weighted by atomic mass is 16.5. The van der Waals surface area contributed by atoms with Crippen LogP contribution in [0.3, 0.4) is 0 Å². The third-order valence-corrected chi connectivity index (χ3v) is 2.42. The monoisotopic (exact) mass is 280 g/mol. The van der Waals surface area contributed by atoms with Crippen molar-refractivity contribution in [3.8, 4) is 0 Å². The first-order chi connectivity index (χ1) is 9.43. The van der Waals surface area contributed by atoms with Gasteiger partial charge in [-0.25, -0.2) is 9.78 Å². The summed E-state index contributed by atoms with van der Waals surface area (Å²) in [5, 5.41) is 5.71. The van der Waals surface area contributed by atoms with Crippen molar-refractivity contribution in [2.75, 3.05) is 24.7 Å². The summed E-state index contributed by atoms with van der Waals surface area (Å²) in [7, 11) is 1.28. The predicted molar refractivity (Wildman–Crippen MR) is 76.4 cm³/mol. The maximum absolute atomic E-state index is 11.5. The SMILES string of the molecule is COC(=O)c1ccc(N)c(NCCC(=O)NC(C)C)n1. The fraction of sp³-hybridized carbons (Fsp3) is 0.462. The van der Waals surface area contributed by atoms with E-state index >= 15 is 0 Å². The van der Waals surface area contributed by atoms with E-state index in [0.717, 1.165) is 0 Å². The zero-order valence-electron chi connectivity index (χ0n) is 11.9. The first-order valence-electron chi connectivity index (χ1n) is 6.32. The van der Waals surface area contributed by atoms with E-state index in [2.05, 4.69) is 20.4 Å². The molecule has 4 N–H and O–H groups in total. The van der Waals surface area contributed by atoms with Crippen LogP contribution in [0.5, 0.6) is 0 Å². The molecule has 1 aromatic rings. The number of hydrogen-bond donors (Lipinski definition) is 3. The van der Waals surface area contributed by atoms with Crippen LogP contribution in [-0.2, 0) is 9.53 Å². The van der Waals surface area contributed by atoms with E-state index in [9.17, 15) is 9.59 Å². The second-order valence-corrected chi connectivity index (χ2v) is 4.52. The van der Waals surface area contributed by atoms with Crippen molar-refractivity contribution in [2.24, 2.45) is 0 Å². The van der Waals surface area contributed by atoms with E-state index < -0.39 is 5.97 Å². The number of esters is 1. The lowest BCUT2D eigenvalue weighted by Crippen LogP contribution is -2.31. The number of nitrogens with two attached hydrogens (primary N) is 1. The summed E-state index contributed by atoms with van der Waals surface area (Å²) in [6.07, 6.45) is 0.293. The minimum absolute atomic E-state index is 0.0600. The van der Waals surface area contributed by atoms with Gasteiger partial charge in [-0.3, -0.25) is 4.79 Å². The largest absolute Gasteiger partial charge is 0.464 e. The van der Waals surface area contributed by atoms with Crippen LogP contribution in [0.4, 0.5) is 11.5 Å². The van der Waals surface area contributed by atoms with Gasteiger partial charge in [0.15, 0.2) is 5.69 Å². The zero-order valence-corrected chi connectivity index (χ0v) is 11.9. The van der Waals surface area contributed by atoms with Crippen molar-refractivity contribution in [3.05, 3.63) is 17.8 Å². The molecule has 7 nitrogen and oxygen atoms in total. The summed E-state index contributed by atoms with van der Waals surface area (Å²) >= 11 is 0. The highest BCUT2D eigenvalue weighted by Gasteiger charge is 2.10. The van der Waals surface area contributed by atoms with Gasteiger partial charge in [0.25, 0.3) is 0 Å². The number of nitrogens with zero attached hydrogens (tertiary/aromatic N) is 1. The van der Waals surface area contributed by atoms with E-state index in [0.29, 0.717) is 24.5 Å². The molecule has 0 aromatic carbocycles. The van der Waals surface area contributed by atoms with Crippen LogP contribution >= 0.6 is 0 Å². The van der Waals surface area contributed by atoms with Crippen LogP contribution < -0.4 is 16.4 Å². The van der Waals surface area contributed by atoms with E-state index in [-0.39, 0.29) is 17.6 Å². The number of nitrogen functional groups attached to an aromatic ring is 1. The molecule has 1 rings (SSSR count). The second-order valence-electron chi connectivity index (χ2n) is 4.52. The van der Waals surface area contributed by atoms with Crippen LogP contribution in [0, 0.1) is 0 Å². The Morgan fingerprint density at radius 1 is 1.40 bits per heavy atom. The highest BCUT2D eigenvalue weighted by molar-refractivity contribution is 5.88. The van der Waals surface area contributed by atoms with Crippen molar-refractivity contribution in [2.45, 2.75) is 26.3 Å². The van der Waals surface area contributed by atoms with Gasteiger partial charge in [-0.2, -0.15) is 0 Å². The standard InChI is InChI=1S/C13H20N4O3/c1-8(2)16-11(18)6-7-15-12-9(14)4-5-10(17-12)13(19)20-3/h4-5,8H,6-7,14H2,1-3H3,(H,15,17)(H,16,18). The molecule has 110 valence electrons. The number of aromatic nitrogens is 1. The molecule has 0 radical (unpaired) electrons. The maximum atomic E-state index is 11.5. The van der Waals surface area contributed by atoms with E-state index in [1.165, 1.54) is 13.2 Å². The average Bonchev–Trinajstić information content (AvgIpc) is 2.39. The highest BCUT2D eigenvalue weighted by Crippen LogP contribution is 2.16. The molecule has 0 saturated heterocycles. The average molecular weight is 280 g/mol. The molecule has 0 atom stereocenters. The lowest BCUT2D eigenvalue weighted by atomic mass is 10.3. The Bertz CT molecular complexity index is 489. The predicted octanol–water partition coefficient (Wildman–Crippen LogP) is 0.777. The molecule has 0 saturated carbocycles. The minimum atomic E-state index is -0.536. The minimum Gasteiger partial charge on any atom is -0.464 e. The second kappa shape index (κ2) is 7.32. The van der Waals surface area contributed by atoms with Gasteiger partial charge in [0.05, 0.1) is 12.8 Å². The van der Waals surface area contributed by atoms with Crippen molar-refractivity contribution in [1.29, 1.82) is 0 Å². The van der Waals surface area contributed by atoms with Gasteiger partial charge in [0.1, 0.15) is 5.82 Å². The van der Waals surface area contributed by atoms with Crippen LogP contribution in [-0.4, -0.2) is 36.6 Å². The van der Waals surface area contributed by atoms with Crippen LogP contribution in [0.25, 0.3) is 0 Å². The van der Waals surface area contributed by atoms with E-state index in [1.807, 2.05) is 13.8 Å². The molecule has 0 unspecified atom stereocenters. The Kier molecular flexibility index (Phi) is 5.76. The molecular weight excluding hydrogens is 260 g/mol. The van der Waals surface area contributed by atoms with Crippen molar-refractivity contribution < 1.29 is 14.3 Å². The topological polar surface area (TPSA) is 106 Å². The third kappa shape index (κ3) is 4.75. The van der Waals surface area contributed by atoms with Crippen LogP contribution in [0.2, 0.25) is 0 Å². The van der Waals surface area contributed by atoms with Crippen molar-refractivity contribution in [3.63, 3.8) is 0 Å². The molecule has 20 heavy (non-hydrogen) atoms. The van der Waals surface area contributed by atoms with E-state index in [4.69, 9.17) is 5.73 Å². The summed E-state index contributed by atoms with van der Waals surface area (Å²) in [6, 6.07) is 3.15. The first-order valence-corrected chi connectivity index (χ1v) is 6.32. The molecule has 1 amide bonds. The molecule has 1 aromatic heterocycles. The van der Waals surface area contributed by atoms with Crippen LogP contribution in [0.1, 0.15) is 30.8 Å². The van der Waals surface area contributed by atoms with Gasteiger partial charge in [0.2, 0.25) is 5.91 Å². The number of pyridine rings is 1. The Labute approximate surface area is 117 Å². The van der Waals surface area contributed by atoms with Gasteiger partial charge in [-0.15, -0.1) is 0 Å². The van der Waals surface area contributed by atoms with Gasteiger partial charge in [-0.1, -0.05) is 0 Å². The quantitative estimate of drug-likeness (QED) is 0.665. The number of hydrogen-bond acceptors (Lipinski definition) is 6. The molecule has 0 aliphatic heterocycles. The normalized spacial score (nSPS) is 10.2. The summed E-state index contributed by atoms with van der Waals surface area (Å²) in [4.78, 5) is 26.9. The number of carbonyl (C=O) groups is 2. The number of methoxy groups -OCH3 is 1. The number of nitrogens with one attached hydrogen (secondary N) is 2. The molecule has 0 bridgehead atoms. The molecule has 0 aliphatic carbocycles. The van der Waals surface area contributed by atoms with Gasteiger partial charge in [-0.05, 0) is 26.0 Å². The number of carbonyl (C=O) groups excluding carboxylic acids is 2. The number of rotatable bonds is 6. The fourth-order valence-electron chi connectivity index (χ4n) is 1.52. The molecule has 0 spiro atoms. The van der Waals surface area contributed by atoms with Gasteiger partial charge >= 0.3 is 5.97 Å². The summed E-state index contributed by atoms with van der Waals surface area (Å²) < 4.78 is 4.58. The smallest absolute Gasteiger partial charge is 0.356 e. The first kappa shape index (κ1) is 15.7. The van der Waals surface area contributed by atoms with Crippen molar-refractivity contribution in [1.82, 2.24) is 10.3 Å². The zero-order chi connectivity index (χ0) is 15.1. The van der Waals surface area contributed by atoms with Crippen molar-refractivity contribution >= 4 is 23.4 Å². The summed E-state index contributed by atoms with van der Waals surface area (Å²) in [5.74, 6) is -0.231. The Morgan fingerprint density at radius 3 is 2.70 bits per heavy atom. The number of amides is 1. The number of ether oxygens (including phenoxy) is 1. The molecular formula is C13H20N4O3. The fourth-order valence-corrected chi connectivity index (χ4v) is 1.52. The molecule has 1 heterocycles. The van der Waals surface area contributed by atoms with Gasteiger partial charge < -0.3 is 21.1 Å². The third-order valence-electron chi connectivity index (χ3n) is 2.42. The Hall–Kier alpha value is -2.31. The lowest BCUT2D eigenvalue weighted by Gasteiger charge is -2.11. The Morgan fingerprint density at radius 2 is 2.10 bits per heavy atom. The molecule has 0 fully saturated rings. The Balaban J connectivity index is 2.59. The summed E-state index contributed by atoms with van der Waals surface area (Å²) in [6.45, 7) is 4.16. The molecule has 0 aliphatic rings. The lowest BCUT2D eigenvalue weighted by molar-refractivity contribution is -0.121. The van der Waals surface area contributed by atoms with Crippen LogP contribution in [0.15, 0.2) is 12.1 Å². The number of anilines is 2. The summed E-state index contributed by atoms with van der Waals surface area (Å²) in [5.41, 5.74) is 6.32.